The fourth-order valence-electron chi connectivity index (χ4n) is 1.81. The highest BCUT2D eigenvalue weighted by molar-refractivity contribution is 7.15. The van der Waals surface area contributed by atoms with Crippen molar-refractivity contribution in [3.8, 4) is 10.4 Å². The zero-order chi connectivity index (χ0) is 11.0. The highest BCUT2D eigenvalue weighted by Gasteiger charge is 2.39. The first-order valence-corrected chi connectivity index (χ1v) is 6.10. The van der Waals surface area contributed by atoms with Crippen LogP contribution in [-0.4, -0.2) is 15.1 Å². The lowest BCUT2D eigenvalue weighted by atomic mass is 9.81. The first-order valence-electron chi connectivity index (χ1n) is 5.28. The van der Waals surface area contributed by atoms with E-state index in [1.807, 2.05) is 6.07 Å². The molecule has 0 spiro atoms. The van der Waals surface area contributed by atoms with Crippen LogP contribution in [0, 0.1) is 6.07 Å². The van der Waals surface area contributed by atoms with E-state index in [0.29, 0.717) is 0 Å². The molecule has 1 N–H and O–H groups in total. The molecule has 2 aromatic rings. The van der Waals surface area contributed by atoms with Crippen molar-refractivity contribution in [2.75, 3.05) is 0 Å². The summed E-state index contributed by atoms with van der Waals surface area (Å²) in [6.45, 7) is 0. The average Bonchev–Trinajstić information content (AvgIpc) is 2.77. The van der Waals surface area contributed by atoms with Crippen molar-refractivity contribution in [3.63, 3.8) is 0 Å². The Kier molecular flexibility index (Phi) is 2.26. The highest BCUT2D eigenvalue weighted by atomic mass is 32.1. The summed E-state index contributed by atoms with van der Waals surface area (Å²) in [7, 11) is 0. The number of rotatable bonds is 2. The maximum Gasteiger partial charge on any atom is 0.125 e. The highest BCUT2D eigenvalue weighted by Crippen LogP contribution is 2.43. The molecule has 81 valence electrons. The monoisotopic (exact) mass is 231 g/mol. The van der Waals surface area contributed by atoms with Gasteiger partial charge >= 0.3 is 0 Å². The van der Waals surface area contributed by atoms with E-state index in [-0.39, 0.29) is 0 Å². The van der Waals surface area contributed by atoms with Crippen LogP contribution in [0.15, 0.2) is 24.7 Å². The lowest BCUT2D eigenvalue weighted by molar-refractivity contribution is -0.0389. The number of pyridine rings is 1. The van der Waals surface area contributed by atoms with Gasteiger partial charge in [0.15, 0.2) is 0 Å². The minimum Gasteiger partial charge on any atom is -0.383 e. The molecule has 4 heteroatoms. The normalized spacial score (nSPS) is 18.1. The van der Waals surface area contributed by atoms with Crippen molar-refractivity contribution in [3.05, 3.63) is 35.7 Å². The summed E-state index contributed by atoms with van der Waals surface area (Å²) in [5.41, 5.74) is 0.351. The molecule has 0 amide bonds. The van der Waals surface area contributed by atoms with Gasteiger partial charge < -0.3 is 5.11 Å². The summed E-state index contributed by atoms with van der Waals surface area (Å²) in [5.74, 6) is 0. The minimum atomic E-state index is -0.658. The molecule has 16 heavy (non-hydrogen) atoms. The van der Waals surface area contributed by atoms with Crippen LogP contribution in [0.25, 0.3) is 10.4 Å². The maximum absolute atomic E-state index is 10.2. The summed E-state index contributed by atoms with van der Waals surface area (Å²) in [6, 6.07) is 4.82. The Bertz CT molecular complexity index is 491. The Balaban J connectivity index is 1.94. The van der Waals surface area contributed by atoms with Crippen LogP contribution in [0.1, 0.15) is 24.3 Å². The van der Waals surface area contributed by atoms with Crippen molar-refractivity contribution in [1.82, 2.24) is 9.97 Å². The molecule has 1 radical (unpaired) electrons. The summed E-state index contributed by atoms with van der Waals surface area (Å²) < 4.78 is 0. The van der Waals surface area contributed by atoms with Crippen molar-refractivity contribution in [2.45, 2.75) is 24.9 Å². The lowest BCUT2D eigenvalue weighted by Crippen LogP contribution is -2.33. The van der Waals surface area contributed by atoms with Crippen LogP contribution in [0.2, 0.25) is 0 Å². The average molecular weight is 231 g/mol. The van der Waals surface area contributed by atoms with Gasteiger partial charge in [-0.3, -0.25) is 4.98 Å². The fourth-order valence-corrected chi connectivity index (χ4v) is 2.85. The number of aliphatic hydroxyl groups is 1. The number of nitrogens with zero attached hydrogens (tertiary/aromatic N) is 2. The molecule has 0 saturated heterocycles. The van der Waals surface area contributed by atoms with Gasteiger partial charge in [-0.25, -0.2) is 4.98 Å². The van der Waals surface area contributed by atoms with E-state index in [0.717, 1.165) is 34.7 Å². The second-order valence-electron chi connectivity index (χ2n) is 4.09. The van der Waals surface area contributed by atoms with Gasteiger partial charge in [0.2, 0.25) is 0 Å². The van der Waals surface area contributed by atoms with Gasteiger partial charge in [-0.15, -0.1) is 11.3 Å². The van der Waals surface area contributed by atoms with E-state index in [1.54, 1.807) is 29.9 Å². The van der Waals surface area contributed by atoms with Crippen LogP contribution in [-0.2, 0) is 5.60 Å². The lowest BCUT2D eigenvalue weighted by Gasteiger charge is -2.34. The predicted octanol–water partition coefficient (Wildman–Crippen LogP) is 2.38. The predicted molar refractivity (Wildman–Crippen MR) is 61.9 cm³/mol. The van der Waals surface area contributed by atoms with Gasteiger partial charge in [-0.05, 0) is 25.3 Å². The first-order chi connectivity index (χ1) is 7.78. The van der Waals surface area contributed by atoms with Gasteiger partial charge in [0.1, 0.15) is 10.6 Å². The molecular weight excluding hydrogens is 220 g/mol. The topological polar surface area (TPSA) is 46.0 Å². The molecule has 2 heterocycles. The SMILES string of the molecule is OC1(c2ncc(-c3c[c]cnc3)s2)CCC1. The Hall–Kier alpha value is -1.26. The molecule has 0 bridgehead atoms. The molecule has 1 saturated carbocycles. The van der Waals surface area contributed by atoms with Gasteiger partial charge in [0.05, 0.1) is 4.88 Å². The molecule has 1 fully saturated rings. The third-order valence-electron chi connectivity index (χ3n) is 2.97. The van der Waals surface area contributed by atoms with Crippen molar-refractivity contribution in [1.29, 1.82) is 0 Å². The van der Waals surface area contributed by atoms with E-state index in [1.165, 1.54) is 0 Å². The Morgan fingerprint density at radius 3 is 2.88 bits per heavy atom. The van der Waals surface area contributed by atoms with Gasteiger partial charge in [0, 0.05) is 30.2 Å². The van der Waals surface area contributed by atoms with Crippen molar-refractivity contribution < 1.29 is 5.11 Å². The fraction of sp³-hybridized carbons (Fsp3) is 0.333. The molecule has 0 aliphatic heterocycles. The van der Waals surface area contributed by atoms with Crippen LogP contribution in [0.4, 0.5) is 0 Å². The molecule has 3 nitrogen and oxygen atoms in total. The van der Waals surface area contributed by atoms with Crippen molar-refractivity contribution >= 4 is 11.3 Å². The molecule has 0 atom stereocenters. The minimum absolute atomic E-state index is 0.658. The Morgan fingerprint density at radius 1 is 1.38 bits per heavy atom. The van der Waals surface area contributed by atoms with E-state index in [2.05, 4.69) is 16.0 Å². The third-order valence-corrected chi connectivity index (χ3v) is 4.21. The second kappa shape index (κ2) is 3.64. The molecule has 2 aromatic heterocycles. The molecule has 0 unspecified atom stereocenters. The Labute approximate surface area is 97.8 Å². The maximum atomic E-state index is 10.2. The Morgan fingerprint density at radius 2 is 2.25 bits per heavy atom. The summed E-state index contributed by atoms with van der Waals surface area (Å²) in [6.07, 6.45) is 7.98. The quantitative estimate of drug-likeness (QED) is 0.863. The van der Waals surface area contributed by atoms with Gasteiger partial charge in [-0.2, -0.15) is 0 Å². The van der Waals surface area contributed by atoms with E-state index in [4.69, 9.17) is 0 Å². The summed E-state index contributed by atoms with van der Waals surface area (Å²) >= 11 is 1.55. The van der Waals surface area contributed by atoms with E-state index in [9.17, 15) is 5.11 Å². The van der Waals surface area contributed by atoms with Crippen LogP contribution >= 0.6 is 11.3 Å². The van der Waals surface area contributed by atoms with Crippen LogP contribution in [0.5, 0.6) is 0 Å². The number of aromatic nitrogens is 2. The number of hydrogen-bond acceptors (Lipinski definition) is 4. The zero-order valence-electron chi connectivity index (χ0n) is 8.68. The van der Waals surface area contributed by atoms with Crippen LogP contribution < -0.4 is 0 Å². The molecule has 0 aromatic carbocycles. The summed E-state index contributed by atoms with van der Waals surface area (Å²) in [5, 5.41) is 11.0. The summed E-state index contributed by atoms with van der Waals surface area (Å²) in [4.78, 5) is 9.38. The van der Waals surface area contributed by atoms with Crippen molar-refractivity contribution in [2.24, 2.45) is 0 Å². The van der Waals surface area contributed by atoms with Crippen LogP contribution in [0.3, 0.4) is 0 Å². The molecule has 3 rings (SSSR count). The third kappa shape index (κ3) is 1.54. The van der Waals surface area contributed by atoms with Gasteiger partial charge in [-0.1, -0.05) is 0 Å². The smallest absolute Gasteiger partial charge is 0.125 e. The second-order valence-corrected chi connectivity index (χ2v) is 5.12. The molecular formula is C12H11N2OS. The van der Waals surface area contributed by atoms with E-state index >= 15 is 0 Å². The largest absolute Gasteiger partial charge is 0.383 e. The number of thiazole rings is 1. The number of hydrogen-bond donors (Lipinski definition) is 1. The van der Waals surface area contributed by atoms with Gasteiger partial charge in [0.25, 0.3) is 0 Å². The molecule has 1 aliphatic carbocycles. The zero-order valence-corrected chi connectivity index (χ0v) is 9.50. The van der Waals surface area contributed by atoms with E-state index < -0.39 is 5.60 Å². The first kappa shape index (κ1) is 9.93. The standard InChI is InChI=1S/C12H11N2OS/c15-12(4-2-5-12)11-14-8-10(16-11)9-3-1-6-13-7-9/h3,6-8,15H,2,4-5H2. The molecule has 1 aliphatic rings.